The lowest BCUT2D eigenvalue weighted by atomic mass is 9.91. The van der Waals surface area contributed by atoms with Crippen molar-refractivity contribution in [3.8, 4) is 11.8 Å². The molecule has 0 spiro atoms. The van der Waals surface area contributed by atoms with Gasteiger partial charge in [-0.2, -0.15) is 0 Å². The summed E-state index contributed by atoms with van der Waals surface area (Å²) >= 11 is 0. The fourth-order valence-corrected chi connectivity index (χ4v) is 2.58. The molecule has 0 saturated carbocycles. The highest BCUT2D eigenvalue weighted by molar-refractivity contribution is 5.72. The lowest BCUT2D eigenvalue weighted by Gasteiger charge is -2.19. The van der Waals surface area contributed by atoms with Crippen LogP contribution in [0.15, 0.2) is 49.2 Å². The molecule has 0 saturated heterocycles. The van der Waals surface area contributed by atoms with Crippen molar-refractivity contribution >= 4 is 5.57 Å². The summed E-state index contributed by atoms with van der Waals surface area (Å²) in [6.45, 7) is 19.4. The Morgan fingerprint density at radius 3 is 2.58 bits per heavy atom. The van der Waals surface area contributed by atoms with Gasteiger partial charge in [0.25, 0.3) is 0 Å². The van der Waals surface area contributed by atoms with Crippen LogP contribution < -0.4 is 5.32 Å². The van der Waals surface area contributed by atoms with E-state index in [1.165, 1.54) is 16.7 Å². The van der Waals surface area contributed by atoms with E-state index < -0.39 is 0 Å². The van der Waals surface area contributed by atoms with Gasteiger partial charge in [0, 0.05) is 11.3 Å². The molecule has 1 N–H and O–H groups in total. The van der Waals surface area contributed by atoms with Crippen molar-refractivity contribution in [1.29, 1.82) is 0 Å². The molecule has 24 heavy (non-hydrogen) atoms. The molecule has 0 atom stereocenters. The maximum atomic E-state index is 4.08. The molecule has 0 radical (unpaired) electrons. The molecule has 1 aromatic carbocycles. The van der Waals surface area contributed by atoms with Crippen molar-refractivity contribution in [2.75, 3.05) is 6.54 Å². The lowest BCUT2D eigenvalue weighted by Crippen LogP contribution is -2.18. The number of allylic oxidation sites excluding steroid dienone is 4. The van der Waals surface area contributed by atoms with E-state index in [0.717, 1.165) is 24.1 Å². The Morgan fingerprint density at radius 2 is 2.00 bits per heavy atom. The first-order valence-electron chi connectivity index (χ1n) is 8.54. The van der Waals surface area contributed by atoms with Crippen LogP contribution in [0, 0.1) is 24.2 Å². The Kier molecular flexibility index (Phi) is 7.59. The van der Waals surface area contributed by atoms with Crippen LogP contribution in [0.25, 0.3) is 5.57 Å². The molecule has 0 fully saturated rings. The van der Waals surface area contributed by atoms with E-state index in [2.05, 4.69) is 89.2 Å². The molecule has 0 unspecified atom stereocenters. The molecule has 1 rings (SSSR count). The Hall–Kier alpha value is -2.20. The standard InChI is InChI=1S/C23H31N/c1-8-11-20(9-2)22-16-18(3)13-14-21(22)12-10-15-24-19(4)17-23(5,6)7/h8-9,13-14,16,24H,1,4,11,15,17H2,2-3,5-7H3/b20-9+. The molecule has 1 aromatic rings. The topological polar surface area (TPSA) is 12.0 Å². The van der Waals surface area contributed by atoms with Crippen molar-refractivity contribution in [2.24, 2.45) is 5.41 Å². The first kappa shape index (κ1) is 19.8. The zero-order chi connectivity index (χ0) is 18.2. The van der Waals surface area contributed by atoms with Gasteiger partial charge in [-0.05, 0) is 49.3 Å². The summed E-state index contributed by atoms with van der Waals surface area (Å²) in [4.78, 5) is 0. The molecule has 0 aliphatic carbocycles. The zero-order valence-corrected chi connectivity index (χ0v) is 15.9. The summed E-state index contributed by atoms with van der Waals surface area (Å²) < 4.78 is 0. The molecule has 0 heterocycles. The average molecular weight is 322 g/mol. The molecule has 0 aliphatic rings. The summed E-state index contributed by atoms with van der Waals surface area (Å²) in [5.74, 6) is 6.53. The van der Waals surface area contributed by atoms with Gasteiger partial charge in [0.2, 0.25) is 0 Å². The van der Waals surface area contributed by atoms with Crippen LogP contribution in [-0.4, -0.2) is 6.54 Å². The van der Waals surface area contributed by atoms with Crippen LogP contribution in [0.3, 0.4) is 0 Å². The minimum absolute atomic E-state index is 0.243. The average Bonchev–Trinajstić information content (AvgIpc) is 2.48. The number of nitrogens with one attached hydrogen (secondary N) is 1. The molecule has 0 aliphatic heterocycles. The van der Waals surface area contributed by atoms with Gasteiger partial charge in [-0.15, -0.1) is 6.58 Å². The van der Waals surface area contributed by atoms with Gasteiger partial charge < -0.3 is 5.32 Å². The monoisotopic (exact) mass is 321 g/mol. The van der Waals surface area contributed by atoms with Gasteiger partial charge in [-0.3, -0.25) is 0 Å². The first-order valence-corrected chi connectivity index (χ1v) is 8.54. The second-order valence-electron chi connectivity index (χ2n) is 7.35. The molecular weight excluding hydrogens is 290 g/mol. The van der Waals surface area contributed by atoms with Crippen molar-refractivity contribution < 1.29 is 0 Å². The number of hydrogen-bond acceptors (Lipinski definition) is 1. The van der Waals surface area contributed by atoms with E-state index in [9.17, 15) is 0 Å². The predicted octanol–water partition coefficient (Wildman–Crippen LogP) is 5.87. The minimum Gasteiger partial charge on any atom is -0.378 e. The summed E-state index contributed by atoms with van der Waals surface area (Å²) in [5, 5.41) is 3.31. The van der Waals surface area contributed by atoms with Crippen LogP contribution in [-0.2, 0) is 0 Å². The maximum Gasteiger partial charge on any atom is 0.0766 e. The Labute approximate surface area is 148 Å². The molecule has 1 nitrogen and oxygen atoms in total. The minimum atomic E-state index is 0.243. The highest BCUT2D eigenvalue weighted by atomic mass is 14.9. The molecule has 1 heteroatoms. The molecular formula is C23H31N. The Morgan fingerprint density at radius 1 is 1.29 bits per heavy atom. The smallest absolute Gasteiger partial charge is 0.0766 e. The third-order valence-electron chi connectivity index (χ3n) is 3.63. The van der Waals surface area contributed by atoms with Gasteiger partial charge in [0.05, 0.1) is 6.54 Å². The largest absolute Gasteiger partial charge is 0.378 e. The van der Waals surface area contributed by atoms with Crippen molar-refractivity contribution in [1.82, 2.24) is 5.32 Å². The van der Waals surface area contributed by atoms with E-state index in [1.54, 1.807) is 0 Å². The summed E-state index contributed by atoms with van der Waals surface area (Å²) in [5.41, 5.74) is 6.07. The highest BCUT2D eigenvalue weighted by Gasteiger charge is 2.11. The maximum absolute atomic E-state index is 4.08. The summed E-state index contributed by atoms with van der Waals surface area (Å²) in [7, 11) is 0. The van der Waals surface area contributed by atoms with E-state index in [4.69, 9.17) is 0 Å². The number of aryl methyl sites for hydroxylation is 1. The van der Waals surface area contributed by atoms with Crippen molar-refractivity contribution in [2.45, 2.75) is 47.5 Å². The van der Waals surface area contributed by atoms with Gasteiger partial charge in [0.1, 0.15) is 0 Å². The van der Waals surface area contributed by atoms with Crippen LogP contribution in [0.4, 0.5) is 0 Å². The highest BCUT2D eigenvalue weighted by Crippen LogP contribution is 2.24. The molecule has 0 amide bonds. The number of rotatable bonds is 6. The van der Waals surface area contributed by atoms with Crippen LogP contribution in [0.5, 0.6) is 0 Å². The van der Waals surface area contributed by atoms with Gasteiger partial charge in [-0.25, -0.2) is 0 Å². The molecule has 0 bridgehead atoms. The zero-order valence-electron chi connectivity index (χ0n) is 15.9. The Balaban J connectivity index is 2.86. The lowest BCUT2D eigenvalue weighted by molar-refractivity contribution is 0.401. The second kappa shape index (κ2) is 9.18. The summed E-state index contributed by atoms with van der Waals surface area (Å²) in [6, 6.07) is 6.42. The molecule has 128 valence electrons. The van der Waals surface area contributed by atoms with Gasteiger partial charge in [-0.1, -0.05) is 69.0 Å². The van der Waals surface area contributed by atoms with E-state index in [0.29, 0.717) is 6.54 Å². The Bertz CT molecular complexity index is 672. The van der Waals surface area contributed by atoms with Crippen molar-refractivity contribution in [3.05, 3.63) is 65.9 Å². The van der Waals surface area contributed by atoms with Crippen LogP contribution in [0.1, 0.15) is 57.2 Å². The third kappa shape index (κ3) is 6.92. The SMILES string of the molecule is C=CC/C(=C\C)c1cc(C)ccc1C#CCNC(=C)CC(C)(C)C. The predicted molar refractivity (Wildman–Crippen MR) is 108 cm³/mol. The van der Waals surface area contributed by atoms with Gasteiger partial charge in [0.15, 0.2) is 0 Å². The second-order valence-corrected chi connectivity index (χ2v) is 7.35. The van der Waals surface area contributed by atoms with E-state index >= 15 is 0 Å². The third-order valence-corrected chi connectivity index (χ3v) is 3.63. The van der Waals surface area contributed by atoms with E-state index in [1.807, 2.05) is 6.08 Å². The van der Waals surface area contributed by atoms with Crippen LogP contribution >= 0.6 is 0 Å². The van der Waals surface area contributed by atoms with Crippen molar-refractivity contribution in [3.63, 3.8) is 0 Å². The fourth-order valence-electron chi connectivity index (χ4n) is 2.58. The summed E-state index contributed by atoms with van der Waals surface area (Å²) in [6.07, 6.45) is 5.89. The normalized spacial score (nSPS) is 11.5. The van der Waals surface area contributed by atoms with Gasteiger partial charge >= 0.3 is 0 Å². The molecule has 0 aromatic heterocycles. The van der Waals surface area contributed by atoms with E-state index in [-0.39, 0.29) is 5.41 Å². The number of benzene rings is 1. The fraction of sp³-hybridized carbons (Fsp3) is 0.391. The quantitative estimate of drug-likeness (QED) is 0.511. The number of hydrogen-bond donors (Lipinski definition) is 1. The van der Waals surface area contributed by atoms with Crippen LogP contribution in [0.2, 0.25) is 0 Å². The first-order chi connectivity index (χ1) is 11.3.